The summed E-state index contributed by atoms with van der Waals surface area (Å²) in [5.74, 6) is 0.794. The number of carbonyl (C=O) groups is 1. The predicted octanol–water partition coefficient (Wildman–Crippen LogP) is 4.25. The van der Waals surface area contributed by atoms with Crippen molar-refractivity contribution in [2.24, 2.45) is 5.92 Å². The van der Waals surface area contributed by atoms with Gasteiger partial charge in [-0.15, -0.1) is 0 Å². The lowest BCUT2D eigenvalue weighted by atomic mass is 9.93. The third-order valence-electron chi connectivity index (χ3n) is 3.82. The molecule has 1 saturated heterocycles. The van der Waals surface area contributed by atoms with Crippen molar-refractivity contribution in [3.8, 4) is 0 Å². The summed E-state index contributed by atoms with van der Waals surface area (Å²) in [7, 11) is 0. The molecule has 1 aromatic carbocycles. The number of rotatable bonds is 5. The molecular weight excluding hydrogens is 365 g/mol. The number of carbonyl (C=O) groups excluding carboxylic acids is 1. The Morgan fingerprint density at radius 3 is 2.60 bits per heavy atom. The van der Waals surface area contributed by atoms with Gasteiger partial charge in [0.05, 0.1) is 0 Å². The number of amides is 1. The van der Waals surface area contributed by atoms with E-state index in [0.717, 1.165) is 37.4 Å². The Morgan fingerprint density at radius 2 is 1.95 bits per heavy atom. The Bertz CT molecular complexity index is 402. The van der Waals surface area contributed by atoms with E-state index in [9.17, 15) is 4.79 Å². The average molecular weight is 387 g/mol. The van der Waals surface area contributed by atoms with E-state index in [4.69, 9.17) is 4.74 Å². The minimum absolute atomic E-state index is 0.166. The molecule has 20 heavy (non-hydrogen) atoms. The number of piperidine rings is 1. The van der Waals surface area contributed by atoms with E-state index in [1.165, 1.54) is 17.3 Å². The molecule has 0 bridgehead atoms. The summed E-state index contributed by atoms with van der Waals surface area (Å²) in [5, 5.41) is 0. The van der Waals surface area contributed by atoms with Crippen molar-refractivity contribution in [1.82, 2.24) is 4.90 Å². The molecule has 1 fully saturated rings. The van der Waals surface area contributed by atoms with Gasteiger partial charge in [0.15, 0.2) is 0 Å². The van der Waals surface area contributed by atoms with Gasteiger partial charge < -0.3 is 9.64 Å². The summed E-state index contributed by atoms with van der Waals surface area (Å²) in [6.07, 6.45) is 4.68. The van der Waals surface area contributed by atoms with Gasteiger partial charge in [-0.3, -0.25) is 0 Å². The minimum atomic E-state index is -0.166. The summed E-state index contributed by atoms with van der Waals surface area (Å²) in [6, 6.07) is 9.84. The molecule has 1 aliphatic heterocycles. The van der Waals surface area contributed by atoms with Crippen molar-refractivity contribution in [3.63, 3.8) is 0 Å². The van der Waals surface area contributed by atoms with E-state index in [2.05, 4.69) is 22.6 Å². The fraction of sp³-hybridized carbons (Fsp3) is 0.562. The van der Waals surface area contributed by atoms with Gasteiger partial charge >= 0.3 is 6.09 Å². The molecule has 1 aromatic rings. The summed E-state index contributed by atoms with van der Waals surface area (Å²) >= 11 is 2.43. The van der Waals surface area contributed by atoms with Gasteiger partial charge in [0.1, 0.15) is 6.61 Å². The minimum Gasteiger partial charge on any atom is -0.445 e. The third kappa shape index (κ3) is 4.96. The van der Waals surface area contributed by atoms with Gasteiger partial charge in [-0.1, -0.05) is 52.9 Å². The van der Waals surface area contributed by atoms with Crippen LogP contribution in [0.3, 0.4) is 0 Å². The van der Waals surface area contributed by atoms with Crippen LogP contribution in [-0.2, 0) is 11.3 Å². The van der Waals surface area contributed by atoms with Gasteiger partial charge in [0.2, 0.25) is 0 Å². The van der Waals surface area contributed by atoms with E-state index in [0.29, 0.717) is 6.61 Å². The second-order valence-electron chi connectivity index (χ2n) is 5.30. The fourth-order valence-corrected chi connectivity index (χ4v) is 3.02. The number of hydrogen-bond acceptors (Lipinski definition) is 2. The monoisotopic (exact) mass is 387 g/mol. The first-order valence-electron chi connectivity index (χ1n) is 7.31. The Hall–Kier alpha value is -0.780. The lowest BCUT2D eigenvalue weighted by Gasteiger charge is -2.31. The SMILES string of the molecule is O=C(OCc1ccccc1)N1CCC(CCCI)CC1. The van der Waals surface area contributed by atoms with Gasteiger partial charge in [0, 0.05) is 13.1 Å². The predicted molar refractivity (Wildman–Crippen MR) is 89.0 cm³/mol. The van der Waals surface area contributed by atoms with E-state index in [1.54, 1.807) is 0 Å². The van der Waals surface area contributed by atoms with Crippen LogP contribution in [0.5, 0.6) is 0 Å². The highest BCUT2D eigenvalue weighted by molar-refractivity contribution is 14.1. The first-order valence-corrected chi connectivity index (χ1v) is 8.83. The fourth-order valence-electron chi connectivity index (χ4n) is 2.58. The molecule has 1 aliphatic rings. The highest BCUT2D eigenvalue weighted by Crippen LogP contribution is 2.22. The molecule has 1 amide bonds. The number of likely N-dealkylation sites (tertiary alicyclic amines) is 1. The van der Waals surface area contributed by atoms with Gasteiger partial charge in [-0.05, 0) is 41.6 Å². The van der Waals surface area contributed by atoms with Crippen molar-refractivity contribution >= 4 is 28.7 Å². The van der Waals surface area contributed by atoms with E-state index in [-0.39, 0.29) is 6.09 Å². The maximum atomic E-state index is 12.0. The van der Waals surface area contributed by atoms with Crippen LogP contribution < -0.4 is 0 Å². The Balaban J connectivity index is 1.69. The zero-order valence-corrected chi connectivity index (χ0v) is 13.9. The lowest BCUT2D eigenvalue weighted by Crippen LogP contribution is -2.38. The highest BCUT2D eigenvalue weighted by atomic mass is 127. The number of ether oxygens (including phenoxy) is 1. The highest BCUT2D eigenvalue weighted by Gasteiger charge is 2.23. The first-order chi connectivity index (χ1) is 9.79. The van der Waals surface area contributed by atoms with Crippen molar-refractivity contribution in [2.45, 2.75) is 32.3 Å². The second-order valence-corrected chi connectivity index (χ2v) is 6.38. The molecule has 3 nitrogen and oxygen atoms in total. The zero-order chi connectivity index (χ0) is 14.2. The average Bonchev–Trinajstić information content (AvgIpc) is 2.52. The third-order valence-corrected chi connectivity index (χ3v) is 4.59. The first kappa shape index (κ1) is 15.6. The molecule has 0 atom stereocenters. The van der Waals surface area contributed by atoms with Crippen molar-refractivity contribution in [1.29, 1.82) is 0 Å². The topological polar surface area (TPSA) is 29.5 Å². The standard InChI is InChI=1S/C16H22INO2/c17-10-4-7-14-8-11-18(12-9-14)16(19)20-13-15-5-2-1-3-6-15/h1-3,5-6,14H,4,7-13H2. The number of nitrogens with zero attached hydrogens (tertiary/aromatic N) is 1. The molecule has 0 spiro atoms. The largest absolute Gasteiger partial charge is 0.445 e. The molecule has 1 heterocycles. The molecule has 4 heteroatoms. The van der Waals surface area contributed by atoms with Crippen molar-refractivity contribution < 1.29 is 9.53 Å². The van der Waals surface area contributed by atoms with Crippen LogP contribution in [0.15, 0.2) is 30.3 Å². The molecular formula is C16H22INO2. The van der Waals surface area contributed by atoms with Crippen molar-refractivity contribution in [3.05, 3.63) is 35.9 Å². The molecule has 0 aliphatic carbocycles. The maximum Gasteiger partial charge on any atom is 0.410 e. The Labute approximate surface area is 134 Å². The van der Waals surface area contributed by atoms with Gasteiger partial charge in [-0.2, -0.15) is 0 Å². The van der Waals surface area contributed by atoms with E-state index >= 15 is 0 Å². The van der Waals surface area contributed by atoms with Crippen LogP contribution >= 0.6 is 22.6 Å². The van der Waals surface area contributed by atoms with Gasteiger partial charge in [0.25, 0.3) is 0 Å². The van der Waals surface area contributed by atoms with Crippen LogP contribution in [-0.4, -0.2) is 28.5 Å². The van der Waals surface area contributed by atoms with Crippen LogP contribution in [0.4, 0.5) is 4.79 Å². The van der Waals surface area contributed by atoms with Crippen LogP contribution in [0, 0.1) is 5.92 Å². The van der Waals surface area contributed by atoms with Crippen LogP contribution in [0.25, 0.3) is 0 Å². The Morgan fingerprint density at radius 1 is 1.25 bits per heavy atom. The zero-order valence-electron chi connectivity index (χ0n) is 11.8. The molecule has 0 radical (unpaired) electrons. The summed E-state index contributed by atoms with van der Waals surface area (Å²) in [6.45, 7) is 2.06. The summed E-state index contributed by atoms with van der Waals surface area (Å²) in [5.41, 5.74) is 1.04. The number of benzene rings is 1. The molecule has 0 aromatic heterocycles. The van der Waals surface area contributed by atoms with Crippen LogP contribution in [0.1, 0.15) is 31.2 Å². The number of hydrogen-bond donors (Lipinski definition) is 0. The normalized spacial score (nSPS) is 16.1. The molecule has 110 valence electrons. The molecule has 0 unspecified atom stereocenters. The van der Waals surface area contributed by atoms with Gasteiger partial charge in [-0.25, -0.2) is 4.79 Å². The number of halogens is 1. The van der Waals surface area contributed by atoms with E-state index in [1.807, 2.05) is 35.2 Å². The van der Waals surface area contributed by atoms with Crippen molar-refractivity contribution in [2.75, 3.05) is 17.5 Å². The molecule has 2 rings (SSSR count). The maximum absolute atomic E-state index is 12.0. The number of alkyl halides is 1. The molecule has 0 saturated carbocycles. The molecule has 0 N–H and O–H groups in total. The Kier molecular flexibility index (Phi) is 6.63. The smallest absolute Gasteiger partial charge is 0.410 e. The quantitative estimate of drug-likeness (QED) is 0.559. The lowest BCUT2D eigenvalue weighted by molar-refractivity contribution is 0.0815. The second kappa shape index (κ2) is 8.49. The summed E-state index contributed by atoms with van der Waals surface area (Å²) < 4.78 is 6.60. The van der Waals surface area contributed by atoms with E-state index < -0.39 is 0 Å². The summed E-state index contributed by atoms with van der Waals surface area (Å²) in [4.78, 5) is 13.8. The van der Waals surface area contributed by atoms with Crippen LogP contribution in [0.2, 0.25) is 0 Å².